The average molecular weight is 383 g/mol. The Morgan fingerprint density at radius 2 is 1.31 bits per heavy atom. The standard InChI is InChI=1S/C22H38N2O.ClH/c1-2-3-4-5-6-7-8-9-10-11-12-13-14-15-18-24-19-16-17-21(20-24)22(23)25;/h16-17,19-20H,2-15,18H2,1H3,(H-,23,25);1H. The fourth-order valence-electron chi connectivity index (χ4n) is 3.30. The Balaban J connectivity index is 0.00000625. The first-order chi connectivity index (χ1) is 12.2. The van der Waals surface area contributed by atoms with Crippen LogP contribution >= 0.6 is 0 Å². The fourth-order valence-corrected chi connectivity index (χ4v) is 3.30. The predicted octanol–water partition coefficient (Wildman–Crippen LogP) is 2.56. The Morgan fingerprint density at radius 3 is 1.77 bits per heavy atom. The van der Waals surface area contributed by atoms with E-state index < -0.39 is 0 Å². The van der Waals surface area contributed by atoms with Crippen LogP contribution in [0.3, 0.4) is 0 Å². The van der Waals surface area contributed by atoms with E-state index in [9.17, 15) is 4.79 Å². The quantitative estimate of drug-likeness (QED) is 0.346. The molecule has 1 amide bonds. The molecule has 0 fully saturated rings. The lowest BCUT2D eigenvalue weighted by Crippen LogP contribution is -3.00. The number of nitrogens with zero attached hydrogens (tertiary/aromatic N) is 1. The van der Waals surface area contributed by atoms with Gasteiger partial charge >= 0.3 is 0 Å². The highest BCUT2D eigenvalue weighted by molar-refractivity contribution is 5.92. The molecule has 3 nitrogen and oxygen atoms in total. The number of carbonyl (C=O) groups is 1. The number of pyridine rings is 1. The number of aryl methyl sites for hydroxylation is 1. The minimum absolute atomic E-state index is 0. The van der Waals surface area contributed by atoms with Gasteiger partial charge in [-0.25, -0.2) is 4.57 Å². The molecule has 1 rings (SSSR count). The third kappa shape index (κ3) is 13.2. The molecular weight excluding hydrogens is 344 g/mol. The molecule has 150 valence electrons. The second-order valence-corrected chi connectivity index (χ2v) is 7.29. The number of primary amides is 1. The first-order valence-electron chi connectivity index (χ1n) is 10.5. The van der Waals surface area contributed by atoms with E-state index in [4.69, 9.17) is 5.73 Å². The Bertz CT molecular complexity index is 465. The number of hydrogen-bond donors (Lipinski definition) is 1. The molecule has 0 unspecified atom stereocenters. The SMILES string of the molecule is CCCCCCCCCCCCCCCC[n+]1cccc(C(N)=O)c1.[Cl-]. The number of hydrogen-bond acceptors (Lipinski definition) is 1. The van der Waals surface area contributed by atoms with Gasteiger partial charge in [-0.3, -0.25) is 4.79 Å². The first kappa shape index (κ1) is 24.9. The maximum Gasteiger partial charge on any atom is 0.254 e. The molecule has 0 bridgehead atoms. The van der Waals surface area contributed by atoms with E-state index in [1.807, 2.05) is 18.5 Å². The molecule has 0 aliphatic rings. The summed E-state index contributed by atoms with van der Waals surface area (Å²) in [7, 11) is 0. The van der Waals surface area contributed by atoms with Crippen molar-refractivity contribution in [2.24, 2.45) is 5.73 Å². The molecule has 0 atom stereocenters. The molecule has 4 heteroatoms. The summed E-state index contributed by atoms with van der Waals surface area (Å²) in [4.78, 5) is 11.2. The zero-order chi connectivity index (χ0) is 18.2. The van der Waals surface area contributed by atoms with Crippen molar-refractivity contribution >= 4 is 5.91 Å². The van der Waals surface area contributed by atoms with E-state index in [0.29, 0.717) is 5.56 Å². The lowest BCUT2D eigenvalue weighted by molar-refractivity contribution is -0.697. The molecular formula is C22H39ClN2O. The van der Waals surface area contributed by atoms with Gasteiger partial charge < -0.3 is 18.1 Å². The molecule has 2 N–H and O–H groups in total. The van der Waals surface area contributed by atoms with Crippen molar-refractivity contribution < 1.29 is 21.8 Å². The van der Waals surface area contributed by atoms with Crippen molar-refractivity contribution in [3.05, 3.63) is 30.1 Å². The van der Waals surface area contributed by atoms with Gasteiger partial charge in [-0.15, -0.1) is 0 Å². The monoisotopic (exact) mass is 382 g/mol. The van der Waals surface area contributed by atoms with Crippen LogP contribution < -0.4 is 22.7 Å². The van der Waals surface area contributed by atoms with Gasteiger partial charge in [-0.05, 0) is 12.5 Å². The molecule has 0 aromatic carbocycles. The van der Waals surface area contributed by atoms with Crippen LogP contribution in [-0.4, -0.2) is 5.91 Å². The van der Waals surface area contributed by atoms with Gasteiger partial charge in [0.05, 0.1) is 0 Å². The van der Waals surface area contributed by atoms with E-state index >= 15 is 0 Å². The van der Waals surface area contributed by atoms with Crippen molar-refractivity contribution in [2.75, 3.05) is 0 Å². The van der Waals surface area contributed by atoms with Crippen LogP contribution in [-0.2, 0) is 6.54 Å². The van der Waals surface area contributed by atoms with E-state index in [1.165, 1.54) is 89.9 Å². The summed E-state index contributed by atoms with van der Waals surface area (Å²) < 4.78 is 2.07. The van der Waals surface area contributed by atoms with E-state index in [2.05, 4.69) is 11.5 Å². The van der Waals surface area contributed by atoms with E-state index in [0.717, 1.165) is 6.54 Å². The third-order valence-corrected chi connectivity index (χ3v) is 4.91. The van der Waals surface area contributed by atoms with Crippen molar-refractivity contribution in [3.8, 4) is 0 Å². The van der Waals surface area contributed by atoms with E-state index in [-0.39, 0.29) is 18.3 Å². The maximum atomic E-state index is 11.2. The second kappa shape index (κ2) is 17.3. The van der Waals surface area contributed by atoms with Crippen molar-refractivity contribution in [1.82, 2.24) is 0 Å². The van der Waals surface area contributed by atoms with Crippen LogP contribution in [0.5, 0.6) is 0 Å². The zero-order valence-electron chi connectivity index (χ0n) is 16.7. The number of nitrogens with two attached hydrogens (primary N) is 1. The lowest BCUT2D eigenvalue weighted by atomic mass is 10.0. The van der Waals surface area contributed by atoms with Crippen molar-refractivity contribution in [3.63, 3.8) is 0 Å². The van der Waals surface area contributed by atoms with E-state index in [1.54, 1.807) is 6.07 Å². The fraction of sp³-hybridized carbons (Fsp3) is 0.727. The summed E-state index contributed by atoms with van der Waals surface area (Å²) in [5.74, 6) is -0.352. The number of halogens is 1. The summed E-state index contributed by atoms with van der Waals surface area (Å²) >= 11 is 0. The first-order valence-corrected chi connectivity index (χ1v) is 10.5. The number of rotatable bonds is 16. The molecule has 0 spiro atoms. The molecule has 1 aromatic heterocycles. The van der Waals surface area contributed by atoms with Gasteiger partial charge in [0.25, 0.3) is 5.91 Å². The van der Waals surface area contributed by atoms with Crippen LogP contribution in [0.2, 0.25) is 0 Å². The molecule has 26 heavy (non-hydrogen) atoms. The normalized spacial score (nSPS) is 10.5. The third-order valence-electron chi connectivity index (χ3n) is 4.91. The second-order valence-electron chi connectivity index (χ2n) is 7.29. The highest BCUT2D eigenvalue weighted by Gasteiger charge is 2.06. The largest absolute Gasteiger partial charge is 1.00 e. The molecule has 0 saturated heterocycles. The topological polar surface area (TPSA) is 47.0 Å². The van der Waals surface area contributed by atoms with Gasteiger partial charge in [0.15, 0.2) is 12.4 Å². The van der Waals surface area contributed by atoms with Crippen molar-refractivity contribution in [1.29, 1.82) is 0 Å². The number of unbranched alkanes of at least 4 members (excludes halogenated alkanes) is 13. The minimum atomic E-state index is -0.352. The summed E-state index contributed by atoms with van der Waals surface area (Å²) in [5.41, 5.74) is 5.90. The van der Waals surface area contributed by atoms with Crippen molar-refractivity contribution in [2.45, 2.75) is 103 Å². The molecule has 0 radical (unpaired) electrons. The highest BCUT2D eigenvalue weighted by atomic mass is 35.5. The molecule has 1 aromatic rings. The van der Waals surface area contributed by atoms with Gasteiger partial charge in [-0.2, -0.15) is 0 Å². The number of amides is 1. The Hall–Kier alpha value is -1.09. The molecule has 0 saturated carbocycles. The number of carbonyl (C=O) groups excluding carboxylic acids is 1. The smallest absolute Gasteiger partial charge is 0.254 e. The van der Waals surface area contributed by atoms with Crippen LogP contribution in [0.25, 0.3) is 0 Å². The zero-order valence-corrected chi connectivity index (χ0v) is 17.5. The minimum Gasteiger partial charge on any atom is -1.00 e. The Labute approximate surface area is 167 Å². The summed E-state index contributed by atoms with van der Waals surface area (Å²) in [6.45, 7) is 3.25. The van der Waals surface area contributed by atoms with Crippen LogP contribution in [0, 0.1) is 0 Å². The Kier molecular flexibility index (Phi) is 16.6. The van der Waals surface area contributed by atoms with Gasteiger partial charge in [-0.1, -0.05) is 84.0 Å². The van der Waals surface area contributed by atoms with Gasteiger partial charge in [0.1, 0.15) is 12.1 Å². The highest BCUT2D eigenvalue weighted by Crippen LogP contribution is 2.12. The van der Waals surface area contributed by atoms with Crippen LogP contribution in [0.15, 0.2) is 24.5 Å². The molecule has 1 heterocycles. The van der Waals surface area contributed by atoms with Gasteiger partial charge in [0, 0.05) is 12.5 Å². The lowest BCUT2D eigenvalue weighted by Gasteiger charge is -2.03. The predicted molar refractivity (Wildman–Crippen MR) is 105 cm³/mol. The summed E-state index contributed by atoms with van der Waals surface area (Å²) in [6, 6.07) is 3.66. The molecule has 0 aliphatic heterocycles. The maximum absolute atomic E-state index is 11.2. The van der Waals surface area contributed by atoms with Crippen LogP contribution in [0.1, 0.15) is 107 Å². The number of aromatic nitrogens is 1. The summed E-state index contributed by atoms with van der Waals surface area (Å²) in [6.07, 6.45) is 23.1. The Morgan fingerprint density at radius 1 is 0.846 bits per heavy atom. The average Bonchev–Trinajstić information content (AvgIpc) is 2.62. The molecule has 0 aliphatic carbocycles. The summed E-state index contributed by atoms with van der Waals surface area (Å²) in [5, 5.41) is 0. The van der Waals surface area contributed by atoms with Gasteiger partial charge in [0.2, 0.25) is 0 Å². The van der Waals surface area contributed by atoms with Crippen LogP contribution in [0.4, 0.5) is 0 Å².